The van der Waals surface area contributed by atoms with E-state index in [1.165, 1.54) is 12.1 Å². The van der Waals surface area contributed by atoms with Gasteiger partial charge in [-0.3, -0.25) is 0 Å². The first-order valence-electron chi connectivity index (χ1n) is 7.22. The van der Waals surface area contributed by atoms with Gasteiger partial charge in [0, 0.05) is 23.0 Å². The fourth-order valence-corrected chi connectivity index (χ4v) is 2.22. The van der Waals surface area contributed by atoms with E-state index in [1.54, 1.807) is 13.0 Å². The molecule has 4 nitrogen and oxygen atoms in total. The van der Waals surface area contributed by atoms with Gasteiger partial charge in [0.1, 0.15) is 5.82 Å². The third-order valence-corrected chi connectivity index (χ3v) is 3.21. The van der Waals surface area contributed by atoms with E-state index in [-0.39, 0.29) is 16.2 Å². The van der Waals surface area contributed by atoms with Gasteiger partial charge in [-0.25, -0.2) is 4.98 Å². The minimum absolute atomic E-state index is 0.241. The van der Waals surface area contributed by atoms with Crippen molar-refractivity contribution in [2.45, 2.75) is 39.4 Å². The fraction of sp³-hybridized carbons (Fsp3) is 0.375. The Hall–Kier alpha value is -2.02. The zero-order valence-corrected chi connectivity index (χ0v) is 14.5. The number of aryl methyl sites for hydroxylation is 1. The maximum absolute atomic E-state index is 12.9. The molecule has 0 spiro atoms. The second-order valence-electron chi connectivity index (χ2n) is 6.41. The van der Waals surface area contributed by atoms with Crippen LogP contribution in [-0.4, -0.2) is 15.5 Å². The Bertz CT molecular complexity index is 739. The van der Waals surface area contributed by atoms with Gasteiger partial charge in [0.25, 0.3) is 0 Å². The average molecular weight is 359 g/mol. The molecule has 0 bridgehead atoms. The third kappa shape index (κ3) is 4.99. The van der Waals surface area contributed by atoms with Gasteiger partial charge in [-0.2, -0.15) is 18.2 Å². The summed E-state index contributed by atoms with van der Waals surface area (Å²) in [7, 11) is 0. The minimum atomic E-state index is -4.52. The van der Waals surface area contributed by atoms with Crippen LogP contribution >= 0.6 is 11.6 Å². The number of aromatic nitrogens is 2. The first kappa shape index (κ1) is 18.3. The Morgan fingerprint density at radius 1 is 1.04 bits per heavy atom. The fourth-order valence-electron chi connectivity index (χ4n) is 1.99. The minimum Gasteiger partial charge on any atom is -0.350 e. The zero-order valence-electron chi connectivity index (χ0n) is 13.7. The molecule has 1 aromatic carbocycles. The molecule has 0 unspecified atom stereocenters. The highest BCUT2D eigenvalue weighted by Gasteiger charge is 2.33. The van der Waals surface area contributed by atoms with E-state index in [1.807, 2.05) is 20.8 Å². The third-order valence-electron chi connectivity index (χ3n) is 2.89. The number of hydrogen-bond acceptors (Lipinski definition) is 4. The molecule has 0 saturated heterocycles. The zero-order chi connectivity index (χ0) is 18.1. The van der Waals surface area contributed by atoms with E-state index in [0.29, 0.717) is 17.5 Å². The SMILES string of the molecule is Cc1cc(Nc2ccc(Cl)c(C(F)(F)F)c2)nc(NC(C)(C)C)n1. The number of benzene rings is 1. The molecule has 1 aromatic heterocycles. The molecule has 1 heterocycles. The molecule has 2 rings (SSSR count). The van der Waals surface area contributed by atoms with E-state index in [9.17, 15) is 13.2 Å². The van der Waals surface area contributed by atoms with Gasteiger partial charge in [-0.1, -0.05) is 11.6 Å². The highest BCUT2D eigenvalue weighted by atomic mass is 35.5. The highest BCUT2D eigenvalue weighted by Crippen LogP contribution is 2.36. The predicted octanol–water partition coefficient (Wildman–Crippen LogP) is 5.41. The van der Waals surface area contributed by atoms with Crippen LogP contribution in [0.3, 0.4) is 0 Å². The lowest BCUT2D eigenvalue weighted by Gasteiger charge is -2.21. The van der Waals surface area contributed by atoms with E-state index in [0.717, 1.165) is 6.07 Å². The van der Waals surface area contributed by atoms with Crippen molar-refractivity contribution in [3.8, 4) is 0 Å². The van der Waals surface area contributed by atoms with Gasteiger partial charge in [0.2, 0.25) is 5.95 Å². The lowest BCUT2D eigenvalue weighted by molar-refractivity contribution is -0.137. The first-order valence-corrected chi connectivity index (χ1v) is 7.59. The van der Waals surface area contributed by atoms with Gasteiger partial charge < -0.3 is 10.6 Å². The van der Waals surface area contributed by atoms with Crippen molar-refractivity contribution in [1.29, 1.82) is 0 Å². The summed E-state index contributed by atoms with van der Waals surface area (Å²) in [6.07, 6.45) is -4.52. The molecule has 0 aliphatic carbocycles. The summed E-state index contributed by atoms with van der Waals surface area (Å²) < 4.78 is 38.8. The molecule has 0 amide bonds. The summed E-state index contributed by atoms with van der Waals surface area (Å²) in [6, 6.07) is 5.27. The summed E-state index contributed by atoms with van der Waals surface area (Å²) in [5.74, 6) is 0.791. The summed E-state index contributed by atoms with van der Waals surface area (Å²) >= 11 is 5.62. The van der Waals surface area contributed by atoms with E-state index in [4.69, 9.17) is 11.6 Å². The maximum atomic E-state index is 12.9. The van der Waals surface area contributed by atoms with Crippen molar-refractivity contribution < 1.29 is 13.2 Å². The van der Waals surface area contributed by atoms with Crippen LogP contribution in [0.2, 0.25) is 5.02 Å². The van der Waals surface area contributed by atoms with Crippen molar-refractivity contribution in [2.24, 2.45) is 0 Å². The van der Waals surface area contributed by atoms with Crippen molar-refractivity contribution in [2.75, 3.05) is 10.6 Å². The van der Waals surface area contributed by atoms with Crippen LogP contribution in [0.25, 0.3) is 0 Å². The second-order valence-corrected chi connectivity index (χ2v) is 6.82. The van der Waals surface area contributed by atoms with Crippen LogP contribution in [0.5, 0.6) is 0 Å². The largest absolute Gasteiger partial charge is 0.417 e. The molecular formula is C16H18ClF3N4. The molecule has 0 fully saturated rings. The molecule has 2 aromatic rings. The number of nitrogens with zero attached hydrogens (tertiary/aromatic N) is 2. The van der Waals surface area contributed by atoms with Gasteiger partial charge in [0.15, 0.2) is 0 Å². The van der Waals surface area contributed by atoms with E-state index >= 15 is 0 Å². The molecule has 2 N–H and O–H groups in total. The van der Waals surface area contributed by atoms with E-state index in [2.05, 4.69) is 20.6 Å². The Morgan fingerprint density at radius 3 is 2.29 bits per heavy atom. The molecule has 0 aliphatic rings. The Labute approximate surface area is 143 Å². The number of anilines is 3. The Balaban J connectivity index is 2.31. The summed E-state index contributed by atoms with van der Waals surface area (Å²) in [5.41, 5.74) is -0.210. The Kier molecular flexibility index (Phi) is 4.94. The van der Waals surface area contributed by atoms with Crippen LogP contribution in [0.4, 0.5) is 30.6 Å². The van der Waals surface area contributed by atoms with Crippen molar-refractivity contribution in [3.05, 3.63) is 40.5 Å². The second kappa shape index (κ2) is 6.47. The molecule has 8 heteroatoms. The number of halogens is 4. The van der Waals surface area contributed by atoms with Gasteiger partial charge in [-0.05, 0) is 45.9 Å². The standard InChI is InChI=1S/C16H18ClF3N4/c1-9-7-13(23-14(21-9)24-15(2,3)4)22-10-5-6-12(17)11(8-10)16(18,19)20/h5-8H,1-4H3,(H2,21,22,23,24). The van der Waals surface area contributed by atoms with Gasteiger partial charge in [-0.15, -0.1) is 0 Å². The summed E-state index contributed by atoms with van der Waals surface area (Å²) in [5, 5.41) is 5.65. The number of hydrogen-bond donors (Lipinski definition) is 2. The predicted molar refractivity (Wildman–Crippen MR) is 89.9 cm³/mol. The molecule has 0 saturated carbocycles. The maximum Gasteiger partial charge on any atom is 0.417 e. The smallest absolute Gasteiger partial charge is 0.350 e. The molecule has 24 heavy (non-hydrogen) atoms. The lowest BCUT2D eigenvalue weighted by atomic mass is 10.1. The monoisotopic (exact) mass is 358 g/mol. The number of alkyl halides is 3. The van der Waals surface area contributed by atoms with Crippen molar-refractivity contribution in [1.82, 2.24) is 9.97 Å². The van der Waals surface area contributed by atoms with Gasteiger partial charge >= 0.3 is 6.18 Å². The molecule has 0 atom stereocenters. The summed E-state index contributed by atoms with van der Waals surface area (Å²) in [4.78, 5) is 8.55. The van der Waals surface area contributed by atoms with Gasteiger partial charge in [0.05, 0.1) is 10.6 Å². The average Bonchev–Trinajstić information content (AvgIpc) is 2.37. The summed E-state index contributed by atoms with van der Waals surface area (Å²) in [6.45, 7) is 7.66. The van der Waals surface area contributed by atoms with Crippen LogP contribution in [0.1, 0.15) is 32.0 Å². The number of rotatable bonds is 3. The van der Waals surface area contributed by atoms with Crippen LogP contribution < -0.4 is 10.6 Å². The van der Waals surface area contributed by atoms with Crippen LogP contribution in [-0.2, 0) is 6.18 Å². The normalized spacial score (nSPS) is 12.2. The molecular weight excluding hydrogens is 341 g/mol. The topological polar surface area (TPSA) is 49.8 Å². The van der Waals surface area contributed by atoms with Crippen molar-refractivity contribution >= 4 is 29.1 Å². The molecule has 130 valence electrons. The molecule has 0 aliphatic heterocycles. The number of nitrogens with one attached hydrogen (secondary N) is 2. The lowest BCUT2D eigenvalue weighted by Crippen LogP contribution is -2.27. The van der Waals surface area contributed by atoms with Crippen molar-refractivity contribution in [3.63, 3.8) is 0 Å². The Morgan fingerprint density at radius 2 is 1.71 bits per heavy atom. The quantitative estimate of drug-likeness (QED) is 0.770. The highest BCUT2D eigenvalue weighted by molar-refractivity contribution is 6.31. The van der Waals surface area contributed by atoms with Crippen LogP contribution in [0.15, 0.2) is 24.3 Å². The first-order chi connectivity index (χ1) is 10.9. The van der Waals surface area contributed by atoms with E-state index < -0.39 is 11.7 Å². The van der Waals surface area contributed by atoms with Crippen LogP contribution in [0, 0.1) is 6.92 Å². The molecule has 0 radical (unpaired) electrons.